The van der Waals surface area contributed by atoms with Crippen molar-refractivity contribution in [1.29, 1.82) is 0 Å². The summed E-state index contributed by atoms with van der Waals surface area (Å²) in [4.78, 5) is 37.6. The second kappa shape index (κ2) is 76.0. The van der Waals surface area contributed by atoms with Crippen LogP contribution in [-0.4, -0.2) is 82.3 Å². The number of carboxylic acid groups (broad SMARTS) is 1. The second-order valence-electron chi connectivity index (χ2n) is 28.3. The zero-order valence-corrected chi connectivity index (χ0v) is 63.0. The summed E-state index contributed by atoms with van der Waals surface area (Å²) in [6.45, 7) is 4.58. The molecule has 0 rings (SSSR count). The summed E-state index contributed by atoms with van der Waals surface area (Å²) in [7, 11) is 5.95. The van der Waals surface area contributed by atoms with Crippen molar-refractivity contribution >= 4 is 17.9 Å². The third kappa shape index (κ3) is 77.4. The number of aliphatic carboxylic acids is 1. The fourth-order valence-electron chi connectivity index (χ4n) is 11.8. The first-order valence-corrected chi connectivity index (χ1v) is 40.4. The molecule has 550 valence electrons. The third-order valence-electron chi connectivity index (χ3n) is 17.8. The number of hydrogen-bond donors (Lipinski definition) is 0. The molecule has 0 aliphatic heterocycles. The van der Waals surface area contributed by atoms with Gasteiger partial charge in [0, 0.05) is 12.8 Å². The molecule has 0 spiro atoms. The Labute approximate surface area is 588 Å². The molecule has 0 heterocycles. The van der Waals surface area contributed by atoms with Gasteiger partial charge in [0.05, 0.1) is 40.3 Å². The molecule has 0 aliphatic rings. The molecule has 0 aromatic rings. The standard InChI is InChI=1S/C86H153NO8/c1-6-8-10-12-14-16-18-20-22-24-26-28-30-32-34-36-38-40-42-44-46-48-50-52-54-56-58-60-62-64-66-68-70-72-74-76-83(88)93-80-82(81-94-86(85(90)91)92-79-78-87(3,4)5)95-84(89)77-75-73-71-69-67-65-63-61-59-57-55-53-51-49-47-45-43-41-39-37-35-33-31-29-27-25-23-21-19-17-15-13-11-9-7-2/h8-11,14-17,20-23,26-29,82,86H,6-7,12-13,18-19,24-25,30-81H2,1-5H3/b10-8-,11-9-,16-14-,17-15-,22-20-,23-21-,28-26-,29-27-. The molecule has 0 aromatic carbocycles. The van der Waals surface area contributed by atoms with E-state index < -0.39 is 24.3 Å². The van der Waals surface area contributed by atoms with Crippen LogP contribution in [0.5, 0.6) is 0 Å². The topological polar surface area (TPSA) is 111 Å². The number of rotatable bonds is 75. The summed E-state index contributed by atoms with van der Waals surface area (Å²) < 4.78 is 22.9. The van der Waals surface area contributed by atoms with Crippen molar-refractivity contribution in [3.63, 3.8) is 0 Å². The molecule has 9 nitrogen and oxygen atoms in total. The predicted molar refractivity (Wildman–Crippen MR) is 407 cm³/mol. The average molecular weight is 1330 g/mol. The van der Waals surface area contributed by atoms with E-state index in [9.17, 15) is 19.5 Å². The number of unbranched alkanes of at least 4 members (excludes halogenated alkanes) is 44. The maximum absolute atomic E-state index is 13.0. The molecule has 0 saturated heterocycles. The first-order chi connectivity index (χ1) is 46.6. The molecule has 0 fully saturated rings. The van der Waals surface area contributed by atoms with Crippen LogP contribution in [0, 0.1) is 0 Å². The fourth-order valence-corrected chi connectivity index (χ4v) is 11.8. The van der Waals surface area contributed by atoms with Gasteiger partial charge in [-0.15, -0.1) is 0 Å². The van der Waals surface area contributed by atoms with E-state index in [1.165, 1.54) is 257 Å². The van der Waals surface area contributed by atoms with Crippen molar-refractivity contribution in [3.05, 3.63) is 97.2 Å². The highest BCUT2D eigenvalue weighted by Gasteiger charge is 2.22. The third-order valence-corrected chi connectivity index (χ3v) is 17.8. The Morgan fingerprint density at radius 1 is 0.316 bits per heavy atom. The lowest BCUT2D eigenvalue weighted by molar-refractivity contribution is -0.870. The smallest absolute Gasteiger partial charge is 0.306 e. The Balaban J connectivity index is 3.97. The fraction of sp³-hybridized carbons (Fsp3) is 0.779. The molecule has 0 amide bonds. The Morgan fingerprint density at radius 2 is 0.568 bits per heavy atom. The molecule has 0 aromatic heterocycles. The number of carboxylic acids is 1. The minimum Gasteiger partial charge on any atom is -0.545 e. The molecular weight excluding hydrogens is 1170 g/mol. The monoisotopic (exact) mass is 1330 g/mol. The van der Waals surface area contributed by atoms with Gasteiger partial charge in [0.1, 0.15) is 13.2 Å². The van der Waals surface area contributed by atoms with Gasteiger partial charge in [-0.1, -0.05) is 368 Å². The number of esters is 2. The van der Waals surface area contributed by atoms with Gasteiger partial charge in [-0.25, -0.2) is 0 Å². The first kappa shape index (κ1) is 91.2. The highest BCUT2D eigenvalue weighted by atomic mass is 16.7. The number of ether oxygens (including phenoxy) is 4. The summed E-state index contributed by atoms with van der Waals surface area (Å²) in [6, 6.07) is 0. The normalized spacial score (nSPS) is 13.1. The van der Waals surface area contributed by atoms with Crippen molar-refractivity contribution in [3.8, 4) is 0 Å². The maximum atomic E-state index is 13.0. The molecule has 2 unspecified atom stereocenters. The molecule has 0 aliphatic carbocycles. The number of nitrogens with zero attached hydrogens (tertiary/aromatic N) is 1. The summed E-state index contributed by atoms with van der Waals surface area (Å²) in [5.41, 5.74) is 0. The lowest BCUT2D eigenvalue weighted by Gasteiger charge is -2.26. The maximum Gasteiger partial charge on any atom is 0.306 e. The van der Waals surface area contributed by atoms with Crippen LogP contribution >= 0.6 is 0 Å². The number of quaternary nitrogens is 1. The highest BCUT2D eigenvalue weighted by molar-refractivity contribution is 5.70. The first-order valence-electron chi connectivity index (χ1n) is 40.4. The second-order valence-corrected chi connectivity index (χ2v) is 28.3. The molecule has 0 N–H and O–H groups in total. The van der Waals surface area contributed by atoms with E-state index in [2.05, 4.69) is 111 Å². The summed E-state index contributed by atoms with van der Waals surface area (Å²) >= 11 is 0. The SMILES string of the molecule is CC/C=C\C/C=C\C/C=C\C/C=C\CCCCCCCCCCCCCCCCCCCCCCCCC(=O)OCC(COC(OCC[N+](C)(C)C)C(=O)[O-])OC(=O)CCCCCCCCCCCCCCCCCCCCCCCC/C=C\C/C=C\C/C=C\C/C=C\CC. The van der Waals surface area contributed by atoms with Crippen molar-refractivity contribution < 1.29 is 42.9 Å². The number of carbonyl (C=O) groups is 3. The van der Waals surface area contributed by atoms with Gasteiger partial charge < -0.3 is 33.3 Å². The van der Waals surface area contributed by atoms with Crippen LogP contribution in [0.15, 0.2) is 97.2 Å². The van der Waals surface area contributed by atoms with E-state index in [1.807, 2.05) is 21.1 Å². The highest BCUT2D eigenvalue weighted by Crippen LogP contribution is 2.19. The van der Waals surface area contributed by atoms with Gasteiger partial charge in [-0.2, -0.15) is 0 Å². The molecule has 0 bridgehead atoms. The van der Waals surface area contributed by atoms with Gasteiger partial charge in [-0.3, -0.25) is 9.59 Å². The van der Waals surface area contributed by atoms with Crippen LogP contribution in [0.4, 0.5) is 0 Å². The van der Waals surface area contributed by atoms with Crippen LogP contribution < -0.4 is 5.11 Å². The zero-order chi connectivity index (χ0) is 69.0. The van der Waals surface area contributed by atoms with Crippen LogP contribution in [-0.2, 0) is 33.3 Å². The molecule has 9 heteroatoms. The quantitative estimate of drug-likeness (QED) is 0.0195. The van der Waals surface area contributed by atoms with E-state index >= 15 is 0 Å². The van der Waals surface area contributed by atoms with Crippen molar-refractivity contribution in [2.45, 2.75) is 386 Å². The largest absolute Gasteiger partial charge is 0.545 e. The van der Waals surface area contributed by atoms with Gasteiger partial charge in [0.15, 0.2) is 12.4 Å². The van der Waals surface area contributed by atoms with E-state index in [4.69, 9.17) is 18.9 Å². The molecular formula is C86H153NO8. The van der Waals surface area contributed by atoms with Crippen molar-refractivity contribution in [2.24, 2.45) is 0 Å². The van der Waals surface area contributed by atoms with E-state index in [0.717, 1.165) is 83.5 Å². The minimum absolute atomic E-state index is 0.148. The summed E-state index contributed by atoms with van der Waals surface area (Å²) in [6.07, 6.45) is 103. The van der Waals surface area contributed by atoms with Crippen molar-refractivity contribution in [1.82, 2.24) is 0 Å². The van der Waals surface area contributed by atoms with Gasteiger partial charge in [0.2, 0.25) is 0 Å². The lowest BCUT2D eigenvalue weighted by atomic mass is 10.0. The molecule has 95 heavy (non-hydrogen) atoms. The van der Waals surface area contributed by atoms with Gasteiger partial charge >= 0.3 is 11.9 Å². The van der Waals surface area contributed by atoms with Gasteiger partial charge in [-0.05, 0) is 89.9 Å². The van der Waals surface area contributed by atoms with Crippen LogP contribution in [0.1, 0.15) is 373 Å². The number of hydrogen-bond acceptors (Lipinski definition) is 8. The van der Waals surface area contributed by atoms with E-state index in [0.29, 0.717) is 23.9 Å². The molecule has 0 saturated carbocycles. The average Bonchev–Trinajstić information content (AvgIpc) is 2.94. The van der Waals surface area contributed by atoms with Crippen LogP contribution in [0.2, 0.25) is 0 Å². The zero-order valence-electron chi connectivity index (χ0n) is 63.0. The van der Waals surface area contributed by atoms with Gasteiger partial charge in [0.25, 0.3) is 0 Å². The van der Waals surface area contributed by atoms with E-state index in [-0.39, 0.29) is 32.2 Å². The Kier molecular flexibility index (Phi) is 72.9. The Morgan fingerprint density at radius 3 is 0.842 bits per heavy atom. The Bertz CT molecular complexity index is 1890. The summed E-state index contributed by atoms with van der Waals surface area (Å²) in [5, 5.41) is 11.9. The number of likely N-dealkylation sites (N-methyl/N-ethyl adjacent to an activating group) is 1. The van der Waals surface area contributed by atoms with Crippen LogP contribution in [0.3, 0.4) is 0 Å². The van der Waals surface area contributed by atoms with E-state index in [1.54, 1.807) is 0 Å². The lowest BCUT2D eigenvalue weighted by Crippen LogP contribution is -2.44. The molecule has 2 atom stereocenters. The summed E-state index contributed by atoms with van der Waals surface area (Å²) in [5.74, 6) is -2.26. The number of allylic oxidation sites excluding steroid dienone is 16. The predicted octanol–water partition coefficient (Wildman–Crippen LogP) is 24.6. The Hall–Kier alpha value is -3.79. The molecule has 0 radical (unpaired) electrons. The number of carbonyl (C=O) groups excluding carboxylic acids is 3. The van der Waals surface area contributed by atoms with Crippen LogP contribution in [0.25, 0.3) is 0 Å². The minimum atomic E-state index is -1.62. The van der Waals surface area contributed by atoms with Crippen molar-refractivity contribution in [2.75, 3.05) is 47.5 Å².